The summed E-state index contributed by atoms with van der Waals surface area (Å²) in [6.45, 7) is 2.30. The van der Waals surface area contributed by atoms with Crippen LogP contribution in [0.3, 0.4) is 0 Å². The minimum absolute atomic E-state index is 0.250. The summed E-state index contributed by atoms with van der Waals surface area (Å²) in [4.78, 5) is 13.4. The molecule has 0 bridgehead atoms. The van der Waals surface area contributed by atoms with Gasteiger partial charge in [-0.25, -0.2) is 0 Å². The third-order valence-electron chi connectivity index (χ3n) is 2.62. The van der Waals surface area contributed by atoms with Gasteiger partial charge >= 0.3 is 0 Å². The number of benzene rings is 1. The molecule has 4 heteroatoms. The Balaban J connectivity index is 2.44. The Hall–Kier alpha value is -1.97. The third kappa shape index (κ3) is 1.74. The molecule has 1 unspecified atom stereocenters. The molecule has 1 aromatic carbocycles. The van der Waals surface area contributed by atoms with E-state index in [1.54, 1.807) is 7.11 Å². The fourth-order valence-electron chi connectivity index (χ4n) is 1.75. The lowest BCUT2D eigenvalue weighted by Gasteiger charge is -2.07. The van der Waals surface area contributed by atoms with Crippen molar-refractivity contribution >= 4 is 17.4 Å². The molecule has 2 rings (SSSR count). The summed E-state index contributed by atoms with van der Waals surface area (Å²) in [5.74, 6) is 0.796. The molecule has 0 spiro atoms. The van der Waals surface area contributed by atoms with Gasteiger partial charge in [0.1, 0.15) is 11.9 Å². The van der Waals surface area contributed by atoms with Gasteiger partial charge in [-0.05, 0) is 19.1 Å². The van der Waals surface area contributed by atoms with Crippen molar-refractivity contribution in [2.75, 3.05) is 7.11 Å². The summed E-state index contributed by atoms with van der Waals surface area (Å²) >= 11 is 0. The Labute approximate surface area is 93.2 Å². The van der Waals surface area contributed by atoms with E-state index >= 15 is 0 Å². The van der Waals surface area contributed by atoms with Gasteiger partial charge in [-0.3, -0.25) is 4.79 Å². The third-order valence-corrected chi connectivity index (χ3v) is 2.62. The second-order valence-corrected chi connectivity index (χ2v) is 3.53. The first-order valence-corrected chi connectivity index (χ1v) is 5.00. The van der Waals surface area contributed by atoms with E-state index in [0.717, 1.165) is 22.2 Å². The summed E-state index contributed by atoms with van der Waals surface area (Å²) in [5, 5.41) is 1.04. The molecule has 1 heterocycles. The fraction of sp³-hybridized carbons (Fsp3) is 0.250. The molecule has 1 N–H and O–H groups in total. The van der Waals surface area contributed by atoms with E-state index in [1.807, 2.05) is 31.3 Å². The zero-order valence-electron chi connectivity index (χ0n) is 9.19. The van der Waals surface area contributed by atoms with E-state index in [0.29, 0.717) is 6.47 Å². The van der Waals surface area contributed by atoms with E-state index in [-0.39, 0.29) is 6.10 Å². The van der Waals surface area contributed by atoms with Crippen molar-refractivity contribution in [1.82, 2.24) is 4.98 Å². The predicted molar refractivity (Wildman–Crippen MR) is 60.4 cm³/mol. The van der Waals surface area contributed by atoms with Crippen LogP contribution >= 0.6 is 0 Å². The molecule has 0 fully saturated rings. The maximum Gasteiger partial charge on any atom is 0.293 e. The zero-order valence-corrected chi connectivity index (χ0v) is 9.19. The van der Waals surface area contributed by atoms with Crippen molar-refractivity contribution in [1.29, 1.82) is 0 Å². The number of rotatable bonds is 4. The standard InChI is InChI=1S/C12H13NO3/c1-8(16-7-14)11-6-13-12-5-9(15-2)3-4-10(11)12/h3-8,13H,1-2H3. The van der Waals surface area contributed by atoms with Crippen LogP contribution in [0.5, 0.6) is 5.75 Å². The first-order chi connectivity index (χ1) is 7.76. The number of aromatic nitrogens is 1. The Morgan fingerprint density at radius 1 is 1.44 bits per heavy atom. The van der Waals surface area contributed by atoms with E-state index < -0.39 is 0 Å². The topological polar surface area (TPSA) is 51.3 Å². The molecule has 16 heavy (non-hydrogen) atoms. The van der Waals surface area contributed by atoms with Crippen LogP contribution in [0.1, 0.15) is 18.6 Å². The second kappa shape index (κ2) is 4.26. The number of ether oxygens (including phenoxy) is 2. The van der Waals surface area contributed by atoms with E-state index in [2.05, 4.69) is 4.98 Å². The number of carbonyl (C=O) groups excluding carboxylic acids is 1. The largest absolute Gasteiger partial charge is 0.497 e. The summed E-state index contributed by atoms with van der Waals surface area (Å²) in [6, 6.07) is 5.74. The van der Waals surface area contributed by atoms with Gasteiger partial charge in [0.25, 0.3) is 6.47 Å². The van der Waals surface area contributed by atoms with E-state index in [1.165, 1.54) is 0 Å². The highest BCUT2D eigenvalue weighted by atomic mass is 16.5. The van der Waals surface area contributed by atoms with Crippen molar-refractivity contribution < 1.29 is 14.3 Å². The van der Waals surface area contributed by atoms with E-state index in [9.17, 15) is 4.79 Å². The van der Waals surface area contributed by atoms with Gasteiger partial charge in [-0.1, -0.05) is 0 Å². The molecule has 1 aromatic heterocycles. The van der Waals surface area contributed by atoms with Crippen molar-refractivity contribution in [2.45, 2.75) is 13.0 Å². The Morgan fingerprint density at radius 2 is 2.25 bits per heavy atom. The first-order valence-electron chi connectivity index (χ1n) is 5.00. The highest BCUT2D eigenvalue weighted by Gasteiger charge is 2.11. The first kappa shape index (κ1) is 10.5. The quantitative estimate of drug-likeness (QED) is 0.803. The number of fused-ring (bicyclic) bond motifs is 1. The number of carbonyl (C=O) groups is 1. The Morgan fingerprint density at radius 3 is 2.94 bits per heavy atom. The molecule has 0 amide bonds. The monoisotopic (exact) mass is 219 g/mol. The average Bonchev–Trinajstić information content (AvgIpc) is 2.71. The van der Waals surface area contributed by atoms with Gasteiger partial charge in [0, 0.05) is 28.7 Å². The predicted octanol–water partition coefficient (Wildman–Crippen LogP) is 2.41. The van der Waals surface area contributed by atoms with Gasteiger partial charge in [-0.2, -0.15) is 0 Å². The molecule has 0 aliphatic rings. The molecule has 1 atom stereocenters. The SMILES string of the molecule is COc1ccc2c(C(C)OC=O)c[nH]c2c1. The zero-order chi connectivity index (χ0) is 11.5. The van der Waals surface area contributed by atoms with Gasteiger partial charge in [0.2, 0.25) is 0 Å². The molecule has 0 aliphatic heterocycles. The van der Waals surface area contributed by atoms with Crippen LogP contribution in [-0.2, 0) is 9.53 Å². The summed E-state index contributed by atoms with van der Waals surface area (Å²) in [6.07, 6.45) is 1.60. The molecule has 2 aromatic rings. The Kier molecular flexibility index (Phi) is 2.81. The fourth-order valence-corrected chi connectivity index (χ4v) is 1.75. The van der Waals surface area contributed by atoms with Crippen molar-refractivity contribution in [2.24, 2.45) is 0 Å². The van der Waals surface area contributed by atoms with Gasteiger partial charge in [0.15, 0.2) is 0 Å². The lowest BCUT2D eigenvalue weighted by Crippen LogP contribution is -1.96. The highest BCUT2D eigenvalue weighted by Crippen LogP contribution is 2.28. The van der Waals surface area contributed by atoms with Crippen molar-refractivity contribution in [3.63, 3.8) is 0 Å². The van der Waals surface area contributed by atoms with E-state index in [4.69, 9.17) is 9.47 Å². The summed E-state index contributed by atoms with van der Waals surface area (Å²) in [7, 11) is 1.63. The van der Waals surface area contributed by atoms with Crippen molar-refractivity contribution in [3.05, 3.63) is 30.0 Å². The number of hydrogen-bond donors (Lipinski definition) is 1. The lowest BCUT2D eigenvalue weighted by molar-refractivity contribution is -0.133. The molecular formula is C12H13NO3. The van der Waals surface area contributed by atoms with Gasteiger partial charge in [-0.15, -0.1) is 0 Å². The van der Waals surface area contributed by atoms with Crippen LogP contribution in [0.15, 0.2) is 24.4 Å². The van der Waals surface area contributed by atoms with Crippen LogP contribution in [0.25, 0.3) is 10.9 Å². The minimum atomic E-state index is -0.250. The molecule has 0 saturated carbocycles. The normalized spacial score (nSPS) is 12.4. The Bertz CT molecular complexity index is 504. The van der Waals surface area contributed by atoms with Crippen LogP contribution in [-0.4, -0.2) is 18.6 Å². The number of aromatic amines is 1. The molecule has 0 radical (unpaired) electrons. The van der Waals surface area contributed by atoms with Crippen LogP contribution < -0.4 is 4.74 Å². The molecule has 0 aliphatic carbocycles. The number of hydrogen-bond acceptors (Lipinski definition) is 3. The minimum Gasteiger partial charge on any atom is -0.497 e. The number of nitrogens with one attached hydrogen (secondary N) is 1. The molecule has 0 saturated heterocycles. The maximum atomic E-state index is 10.3. The molecule has 84 valence electrons. The maximum absolute atomic E-state index is 10.3. The number of H-pyrrole nitrogens is 1. The van der Waals surface area contributed by atoms with Gasteiger partial charge in [0.05, 0.1) is 7.11 Å². The number of methoxy groups -OCH3 is 1. The van der Waals surface area contributed by atoms with Crippen LogP contribution in [0.4, 0.5) is 0 Å². The van der Waals surface area contributed by atoms with Crippen molar-refractivity contribution in [3.8, 4) is 5.75 Å². The highest BCUT2D eigenvalue weighted by molar-refractivity contribution is 5.84. The van der Waals surface area contributed by atoms with Crippen LogP contribution in [0.2, 0.25) is 0 Å². The summed E-state index contributed by atoms with van der Waals surface area (Å²) in [5.41, 5.74) is 1.93. The van der Waals surface area contributed by atoms with Gasteiger partial charge < -0.3 is 14.5 Å². The van der Waals surface area contributed by atoms with Crippen LogP contribution in [0, 0.1) is 0 Å². The second-order valence-electron chi connectivity index (χ2n) is 3.53. The molecular weight excluding hydrogens is 206 g/mol. The molecule has 4 nitrogen and oxygen atoms in total. The average molecular weight is 219 g/mol. The summed E-state index contributed by atoms with van der Waals surface area (Å²) < 4.78 is 10.1. The lowest BCUT2D eigenvalue weighted by atomic mass is 10.1. The smallest absolute Gasteiger partial charge is 0.293 e.